The molecule has 4 rings (SSSR count). The molecule has 0 saturated heterocycles. The van der Waals surface area contributed by atoms with E-state index in [1.54, 1.807) is 33.2 Å². The van der Waals surface area contributed by atoms with Gasteiger partial charge in [-0.05, 0) is 61.9 Å². The molecule has 0 aliphatic carbocycles. The highest BCUT2D eigenvalue weighted by atomic mass is 16.5. The molecule has 7 nitrogen and oxygen atoms in total. The van der Waals surface area contributed by atoms with E-state index in [-0.39, 0.29) is 24.3 Å². The average Bonchev–Trinajstić information content (AvgIpc) is 3.26. The summed E-state index contributed by atoms with van der Waals surface area (Å²) in [4.78, 5) is 26.0. The third-order valence-electron chi connectivity index (χ3n) is 6.32. The number of carbonyl (C=O) groups is 2. The van der Waals surface area contributed by atoms with Crippen LogP contribution in [0.3, 0.4) is 0 Å². The highest BCUT2D eigenvalue weighted by Gasteiger charge is 2.23. The van der Waals surface area contributed by atoms with E-state index in [9.17, 15) is 9.59 Å². The molecule has 0 saturated carbocycles. The molecule has 0 spiro atoms. The van der Waals surface area contributed by atoms with Gasteiger partial charge in [-0.3, -0.25) is 9.59 Å². The van der Waals surface area contributed by atoms with Gasteiger partial charge in [0.15, 0.2) is 0 Å². The second-order valence-corrected chi connectivity index (χ2v) is 8.80. The minimum Gasteiger partial charge on any atom is -0.497 e. The average molecular weight is 501 g/mol. The van der Waals surface area contributed by atoms with Gasteiger partial charge in [0, 0.05) is 35.8 Å². The quantitative estimate of drug-likeness (QED) is 0.270. The van der Waals surface area contributed by atoms with Crippen LogP contribution in [0.5, 0.6) is 5.75 Å². The monoisotopic (exact) mass is 500 g/mol. The Labute approximate surface area is 217 Å². The van der Waals surface area contributed by atoms with Crippen LogP contribution in [0.1, 0.15) is 46.6 Å². The Kier molecular flexibility index (Phi) is 8.13. The number of esters is 1. The van der Waals surface area contributed by atoms with Crippen LogP contribution in [0.2, 0.25) is 0 Å². The number of ether oxygens (including phenoxy) is 2. The number of carbonyl (C=O) groups excluding carboxylic acids is 2. The molecule has 1 unspecified atom stereocenters. The van der Waals surface area contributed by atoms with Crippen LogP contribution >= 0.6 is 0 Å². The van der Waals surface area contributed by atoms with Crippen molar-refractivity contribution in [3.8, 4) is 5.75 Å². The fourth-order valence-corrected chi connectivity index (χ4v) is 4.26. The van der Waals surface area contributed by atoms with Crippen molar-refractivity contribution in [3.63, 3.8) is 0 Å². The standard InChI is InChI=1S/C30H32N2O5/c1-5-36-27(33)17-18-32(3)30(34)22-11-13-23(14-12-22)31-28(21-9-7-6-8-10-21)29-20(2)25-19-24(35-4)15-16-26(25)37-29/h6-16,19,28,31H,5,17-18H2,1-4H3. The smallest absolute Gasteiger partial charge is 0.307 e. The number of hydrogen-bond acceptors (Lipinski definition) is 6. The van der Waals surface area contributed by atoms with E-state index in [2.05, 4.69) is 17.4 Å². The fraction of sp³-hybridized carbons (Fsp3) is 0.267. The number of nitrogens with zero attached hydrogens (tertiary/aromatic N) is 1. The maximum Gasteiger partial charge on any atom is 0.307 e. The summed E-state index contributed by atoms with van der Waals surface area (Å²) in [7, 11) is 3.33. The highest BCUT2D eigenvalue weighted by molar-refractivity contribution is 5.94. The van der Waals surface area contributed by atoms with E-state index in [1.807, 2.05) is 55.5 Å². The molecule has 0 bridgehead atoms. The summed E-state index contributed by atoms with van der Waals surface area (Å²) in [6, 6.07) is 23.0. The molecule has 0 aliphatic rings. The Morgan fingerprint density at radius 1 is 1.03 bits per heavy atom. The zero-order chi connectivity index (χ0) is 26.4. The second-order valence-electron chi connectivity index (χ2n) is 8.80. The predicted molar refractivity (Wildman–Crippen MR) is 144 cm³/mol. The van der Waals surface area contributed by atoms with Gasteiger partial charge in [0.2, 0.25) is 0 Å². The van der Waals surface area contributed by atoms with Crippen molar-refractivity contribution in [3.05, 3.63) is 95.2 Å². The maximum atomic E-state index is 12.8. The van der Waals surface area contributed by atoms with Crippen molar-refractivity contribution in [2.24, 2.45) is 0 Å². The van der Waals surface area contributed by atoms with E-state index < -0.39 is 0 Å². The van der Waals surface area contributed by atoms with Gasteiger partial charge < -0.3 is 24.1 Å². The fourth-order valence-electron chi connectivity index (χ4n) is 4.26. The summed E-state index contributed by atoms with van der Waals surface area (Å²) in [6.07, 6.45) is 0.164. The first kappa shape index (κ1) is 25.8. The Bertz CT molecular complexity index is 1360. The first-order valence-electron chi connectivity index (χ1n) is 12.3. The number of aryl methyl sites for hydroxylation is 1. The Balaban J connectivity index is 1.56. The molecule has 4 aromatic rings. The summed E-state index contributed by atoms with van der Waals surface area (Å²) in [6.45, 7) is 4.43. The number of benzene rings is 3. The number of nitrogens with one attached hydrogen (secondary N) is 1. The van der Waals surface area contributed by atoms with Crippen LogP contribution < -0.4 is 10.1 Å². The molecule has 1 amide bonds. The zero-order valence-electron chi connectivity index (χ0n) is 21.6. The van der Waals surface area contributed by atoms with Gasteiger partial charge >= 0.3 is 5.97 Å². The van der Waals surface area contributed by atoms with Crippen LogP contribution in [-0.4, -0.2) is 44.1 Å². The number of methoxy groups -OCH3 is 1. The topological polar surface area (TPSA) is 81.0 Å². The summed E-state index contributed by atoms with van der Waals surface area (Å²) in [5, 5.41) is 4.58. The second kappa shape index (κ2) is 11.6. The molecule has 192 valence electrons. The van der Waals surface area contributed by atoms with Gasteiger partial charge in [0.1, 0.15) is 23.1 Å². The van der Waals surface area contributed by atoms with Crippen molar-refractivity contribution in [2.45, 2.75) is 26.3 Å². The molecule has 1 atom stereocenters. The summed E-state index contributed by atoms with van der Waals surface area (Å²) >= 11 is 0. The summed E-state index contributed by atoms with van der Waals surface area (Å²) in [5.74, 6) is 1.12. The number of fused-ring (bicyclic) bond motifs is 1. The van der Waals surface area contributed by atoms with Crippen LogP contribution in [0, 0.1) is 6.92 Å². The number of rotatable bonds is 10. The summed E-state index contributed by atoms with van der Waals surface area (Å²) < 4.78 is 16.7. The molecule has 0 radical (unpaired) electrons. The van der Waals surface area contributed by atoms with Crippen molar-refractivity contribution in [1.29, 1.82) is 0 Å². The third-order valence-corrected chi connectivity index (χ3v) is 6.32. The van der Waals surface area contributed by atoms with E-state index in [1.165, 1.54) is 4.90 Å². The van der Waals surface area contributed by atoms with Crippen molar-refractivity contribution >= 4 is 28.5 Å². The van der Waals surface area contributed by atoms with Gasteiger partial charge in [-0.1, -0.05) is 30.3 Å². The molecular formula is C30H32N2O5. The number of furan rings is 1. The predicted octanol–water partition coefficient (Wildman–Crippen LogP) is 5.98. The van der Waals surface area contributed by atoms with Crippen LogP contribution in [0.4, 0.5) is 5.69 Å². The molecule has 37 heavy (non-hydrogen) atoms. The van der Waals surface area contributed by atoms with E-state index in [0.29, 0.717) is 18.7 Å². The lowest BCUT2D eigenvalue weighted by Gasteiger charge is -2.20. The lowest BCUT2D eigenvalue weighted by atomic mass is 10.00. The zero-order valence-corrected chi connectivity index (χ0v) is 21.6. The molecular weight excluding hydrogens is 468 g/mol. The molecule has 1 heterocycles. The Morgan fingerprint density at radius 2 is 1.76 bits per heavy atom. The van der Waals surface area contributed by atoms with Crippen LogP contribution in [-0.2, 0) is 9.53 Å². The largest absolute Gasteiger partial charge is 0.497 e. The van der Waals surface area contributed by atoms with E-state index >= 15 is 0 Å². The Hall–Kier alpha value is -4.26. The highest BCUT2D eigenvalue weighted by Crippen LogP contribution is 2.36. The first-order chi connectivity index (χ1) is 17.9. The lowest BCUT2D eigenvalue weighted by molar-refractivity contribution is -0.143. The number of anilines is 1. The molecule has 1 aromatic heterocycles. The van der Waals surface area contributed by atoms with Gasteiger partial charge in [0.05, 0.1) is 20.1 Å². The molecule has 0 fully saturated rings. The Morgan fingerprint density at radius 3 is 2.43 bits per heavy atom. The first-order valence-corrected chi connectivity index (χ1v) is 12.3. The van der Waals surface area contributed by atoms with Gasteiger partial charge in [-0.25, -0.2) is 0 Å². The molecule has 7 heteroatoms. The van der Waals surface area contributed by atoms with Gasteiger partial charge in [-0.2, -0.15) is 0 Å². The van der Waals surface area contributed by atoms with Gasteiger partial charge in [-0.15, -0.1) is 0 Å². The van der Waals surface area contributed by atoms with Crippen molar-refractivity contribution in [1.82, 2.24) is 4.90 Å². The van der Waals surface area contributed by atoms with Crippen molar-refractivity contribution in [2.75, 3.05) is 32.6 Å². The summed E-state index contributed by atoms with van der Waals surface area (Å²) in [5.41, 5.74) is 4.26. The number of amides is 1. The van der Waals surface area contributed by atoms with E-state index in [0.717, 1.165) is 39.3 Å². The number of hydrogen-bond donors (Lipinski definition) is 1. The lowest BCUT2D eigenvalue weighted by Crippen LogP contribution is -2.29. The molecule has 3 aromatic carbocycles. The molecule has 0 aliphatic heterocycles. The van der Waals surface area contributed by atoms with E-state index in [4.69, 9.17) is 13.9 Å². The SMILES string of the molecule is CCOC(=O)CCN(C)C(=O)c1ccc(NC(c2ccccc2)c2oc3ccc(OC)cc3c2C)cc1. The molecule has 1 N–H and O–H groups in total. The third kappa shape index (κ3) is 5.94. The van der Waals surface area contributed by atoms with Crippen LogP contribution in [0.25, 0.3) is 11.0 Å². The maximum absolute atomic E-state index is 12.8. The van der Waals surface area contributed by atoms with Gasteiger partial charge in [0.25, 0.3) is 5.91 Å². The van der Waals surface area contributed by atoms with Crippen LogP contribution in [0.15, 0.2) is 77.2 Å². The normalized spacial score (nSPS) is 11.7. The van der Waals surface area contributed by atoms with Crippen molar-refractivity contribution < 1.29 is 23.5 Å². The minimum absolute atomic E-state index is 0.155. The minimum atomic E-state index is -0.312.